The number of nitrogens with zero attached hydrogens (tertiary/aromatic N) is 3. The third-order valence-electron chi connectivity index (χ3n) is 6.72. The molecule has 29 heavy (non-hydrogen) atoms. The number of nitriles is 1. The van der Waals surface area contributed by atoms with Gasteiger partial charge in [0.05, 0.1) is 11.6 Å². The molecule has 0 aromatic heterocycles. The number of carbonyl (C=O) groups is 3. The van der Waals surface area contributed by atoms with Crippen molar-refractivity contribution < 1.29 is 14.4 Å². The average Bonchev–Trinajstić information content (AvgIpc) is 2.97. The van der Waals surface area contributed by atoms with Crippen molar-refractivity contribution >= 4 is 17.8 Å². The van der Waals surface area contributed by atoms with Crippen LogP contribution in [0.4, 0.5) is 4.79 Å². The van der Waals surface area contributed by atoms with Crippen LogP contribution in [-0.2, 0) is 15.1 Å². The summed E-state index contributed by atoms with van der Waals surface area (Å²) in [5.74, 6) is -0.0274. The summed E-state index contributed by atoms with van der Waals surface area (Å²) in [5, 5.41) is 11.7. The minimum absolute atomic E-state index is 0.144. The van der Waals surface area contributed by atoms with E-state index in [1.165, 1.54) is 6.42 Å². The Hall–Kier alpha value is -2.88. The summed E-state index contributed by atoms with van der Waals surface area (Å²) in [5.41, 5.74) is -0.163. The molecule has 152 valence electrons. The molecule has 0 radical (unpaired) electrons. The van der Waals surface area contributed by atoms with Gasteiger partial charge in [-0.2, -0.15) is 5.26 Å². The van der Waals surface area contributed by atoms with Crippen molar-refractivity contribution in [1.29, 1.82) is 5.26 Å². The van der Waals surface area contributed by atoms with Crippen molar-refractivity contribution in [3.05, 3.63) is 35.4 Å². The summed E-state index contributed by atoms with van der Waals surface area (Å²) >= 11 is 0. The first-order valence-electron chi connectivity index (χ1n) is 10.4. The van der Waals surface area contributed by atoms with Gasteiger partial charge in [-0.25, -0.2) is 4.79 Å². The summed E-state index contributed by atoms with van der Waals surface area (Å²) in [6, 6.07) is 8.30. The van der Waals surface area contributed by atoms with E-state index >= 15 is 0 Å². The van der Waals surface area contributed by atoms with Crippen molar-refractivity contribution in [2.75, 3.05) is 13.1 Å². The van der Waals surface area contributed by atoms with Gasteiger partial charge in [-0.05, 0) is 56.2 Å². The number of hydrogen-bond donors (Lipinski definition) is 1. The quantitative estimate of drug-likeness (QED) is 0.797. The van der Waals surface area contributed by atoms with Crippen molar-refractivity contribution in [3.63, 3.8) is 0 Å². The van der Waals surface area contributed by atoms with E-state index in [4.69, 9.17) is 5.26 Å². The van der Waals surface area contributed by atoms with Crippen LogP contribution in [0.3, 0.4) is 0 Å². The topological polar surface area (TPSA) is 93.5 Å². The molecule has 1 saturated carbocycles. The van der Waals surface area contributed by atoms with Gasteiger partial charge in [0.15, 0.2) is 0 Å². The fourth-order valence-electron chi connectivity index (χ4n) is 5.07. The second-order valence-electron chi connectivity index (χ2n) is 8.48. The minimum Gasteiger partial charge on any atom is -0.338 e. The van der Waals surface area contributed by atoms with Gasteiger partial charge in [0, 0.05) is 12.6 Å². The van der Waals surface area contributed by atoms with E-state index < -0.39 is 17.5 Å². The zero-order valence-electron chi connectivity index (χ0n) is 16.7. The van der Waals surface area contributed by atoms with Crippen LogP contribution >= 0.6 is 0 Å². The number of carbonyl (C=O) groups excluding carboxylic acids is 3. The number of fused-ring (bicyclic) bond motifs is 1. The highest BCUT2D eigenvalue weighted by Crippen LogP contribution is 2.36. The molecule has 3 atom stereocenters. The Morgan fingerprint density at radius 2 is 1.86 bits per heavy atom. The maximum Gasteiger partial charge on any atom is 0.325 e. The molecule has 4 rings (SSSR count). The number of nitrogens with one attached hydrogen (secondary N) is 1. The van der Waals surface area contributed by atoms with Gasteiger partial charge in [-0.15, -0.1) is 0 Å². The molecule has 7 heteroatoms. The predicted molar refractivity (Wildman–Crippen MR) is 105 cm³/mol. The van der Waals surface area contributed by atoms with Crippen molar-refractivity contribution in [2.45, 2.75) is 57.0 Å². The van der Waals surface area contributed by atoms with E-state index in [1.54, 1.807) is 31.2 Å². The monoisotopic (exact) mass is 394 g/mol. The SMILES string of the molecule is CC1(c2ccc(C#N)cc2)NC(=O)N(CC(=O)N2CCCC3CCCCC32)C1=O. The molecule has 2 aliphatic heterocycles. The molecular weight excluding hydrogens is 368 g/mol. The fraction of sp³-hybridized carbons (Fsp3) is 0.545. The maximum absolute atomic E-state index is 13.1. The highest BCUT2D eigenvalue weighted by atomic mass is 16.2. The highest BCUT2D eigenvalue weighted by Gasteiger charge is 2.50. The zero-order valence-corrected chi connectivity index (χ0v) is 16.7. The second-order valence-corrected chi connectivity index (χ2v) is 8.48. The first-order valence-corrected chi connectivity index (χ1v) is 10.4. The van der Waals surface area contributed by atoms with Crippen LogP contribution in [0.25, 0.3) is 0 Å². The van der Waals surface area contributed by atoms with Crippen molar-refractivity contribution in [1.82, 2.24) is 15.1 Å². The standard InChI is InChI=1S/C22H26N4O3/c1-22(17-10-8-15(13-23)9-11-17)20(28)26(21(29)24-22)14-19(27)25-12-4-6-16-5-2-3-7-18(16)25/h8-11,16,18H,2-7,12,14H2,1H3,(H,24,29). The third kappa shape index (κ3) is 3.37. The molecule has 1 aromatic rings. The Bertz CT molecular complexity index is 873. The maximum atomic E-state index is 13.1. The van der Waals surface area contributed by atoms with Crippen LogP contribution in [0.15, 0.2) is 24.3 Å². The molecule has 0 spiro atoms. The van der Waals surface area contributed by atoms with E-state index in [9.17, 15) is 14.4 Å². The Morgan fingerprint density at radius 3 is 2.59 bits per heavy atom. The second kappa shape index (κ2) is 7.51. The van der Waals surface area contributed by atoms with Gasteiger partial charge in [0.25, 0.3) is 5.91 Å². The smallest absolute Gasteiger partial charge is 0.325 e. The van der Waals surface area contributed by atoms with Crippen LogP contribution in [0.1, 0.15) is 56.6 Å². The van der Waals surface area contributed by atoms with Crippen LogP contribution in [-0.4, -0.2) is 46.8 Å². The summed E-state index contributed by atoms with van der Waals surface area (Å²) in [7, 11) is 0. The van der Waals surface area contributed by atoms with Crippen LogP contribution in [0, 0.1) is 17.2 Å². The molecule has 2 heterocycles. The van der Waals surface area contributed by atoms with E-state index in [2.05, 4.69) is 5.32 Å². The number of urea groups is 1. The number of likely N-dealkylation sites (tertiary alicyclic amines) is 1. The molecule has 7 nitrogen and oxygen atoms in total. The number of rotatable bonds is 3. The Morgan fingerprint density at radius 1 is 1.17 bits per heavy atom. The van der Waals surface area contributed by atoms with Crippen molar-refractivity contribution in [3.8, 4) is 6.07 Å². The third-order valence-corrected chi connectivity index (χ3v) is 6.72. The summed E-state index contributed by atoms with van der Waals surface area (Å²) in [6.45, 7) is 2.12. The molecule has 1 aromatic carbocycles. The van der Waals surface area contributed by atoms with E-state index in [0.29, 0.717) is 23.6 Å². The summed E-state index contributed by atoms with van der Waals surface area (Å²) in [6.07, 6.45) is 6.67. The first kappa shape index (κ1) is 19.4. The molecule has 2 saturated heterocycles. The summed E-state index contributed by atoms with van der Waals surface area (Å²) in [4.78, 5) is 41.7. The highest BCUT2D eigenvalue weighted by molar-refractivity contribution is 6.09. The fourth-order valence-corrected chi connectivity index (χ4v) is 5.07. The van der Waals surface area contributed by atoms with Gasteiger partial charge in [0.2, 0.25) is 5.91 Å². The lowest BCUT2D eigenvalue weighted by molar-refractivity contribution is -0.142. The minimum atomic E-state index is -1.24. The Balaban J connectivity index is 1.50. The van der Waals surface area contributed by atoms with Gasteiger partial charge in [0.1, 0.15) is 12.1 Å². The lowest BCUT2D eigenvalue weighted by Crippen LogP contribution is -2.53. The van der Waals surface area contributed by atoms with Gasteiger partial charge in [-0.3, -0.25) is 14.5 Å². The molecule has 3 fully saturated rings. The van der Waals surface area contributed by atoms with E-state index in [1.807, 2.05) is 11.0 Å². The number of piperidine rings is 1. The van der Waals surface area contributed by atoms with Crippen LogP contribution in [0.5, 0.6) is 0 Å². The molecule has 1 aliphatic carbocycles. The van der Waals surface area contributed by atoms with Crippen LogP contribution < -0.4 is 5.32 Å². The number of hydrogen-bond acceptors (Lipinski definition) is 4. The van der Waals surface area contributed by atoms with E-state index in [0.717, 1.165) is 37.0 Å². The molecule has 0 bridgehead atoms. The average molecular weight is 394 g/mol. The molecule has 3 unspecified atom stereocenters. The molecule has 4 amide bonds. The largest absolute Gasteiger partial charge is 0.338 e. The van der Waals surface area contributed by atoms with Crippen LogP contribution in [0.2, 0.25) is 0 Å². The molecular formula is C22H26N4O3. The van der Waals surface area contributed by atoms with Gasteiger partial charge < -0.3 is 10.2 Å². The number of imide groups is 1. The van der Waals surface area contributed by atoms with Crippen molar-refractivity contribution in [2.24, 2.45) is 5.92 Å². The first-order chi connectivity index (χ1) is 13.9. The van der Waals surface area contributed by atoms with Gasteiger partial charge >= 0.3 is 6.03 Å². The summed E-state index contributed by atoms with van der Waals surface area (Å²) < 4.78 is 0. The predicted octanol–water partition coefficient (Wildman–Crippen LogP) is 2.51. The lowest BCUT2D eigenvalue weighted by Gasteiger charge is -2.44. The van der Waals surface area contributed by atoms with E-state index in [-0.39, 0.29) is 18.5 Å². The Labute approximate surface area is 170 Å². The zero-order chi connectivity index (χ0) is 20.6. The number of benzene rings is 1. The Kier molecular flexibility index (Phi) is 5.03. The molecule has 1 N–H and O–H groups in total. The lowest BCUT2D eigenvalue weighted by atomic mass is 9.78. The number of amides is 4. The normalized spacial score (nSPS) is 29.2. The van der Waals surface area contributed by atoms with Gasteiger partial charge in [-0.1, -0.05) is 25.0 Å². The molecule has 3 aliphatic rings.